The van der Waals surface area contributed by atoms with Crippen LogP contribution in [0.4, 0.5) is 0 Å². The van der Waals surface area contributed by atoms with Crippen molar-refractivity contribution in [3.63, 3.8) is 0 Å². The zero-order chi connectivity index (χ0) is 17.2. The van der Waals surface area contributed by atoms with Gasteiger partial charge in [-0.1, -0.05) is 53.2 Å². The third-order valence-corrected chi connectivity index (χ3v) is 6.87. The predicted octanol–water partition coefficient (Wildman–Crippen LogP) is 3.94. The van der Waals surface area contributed by atoms with Crippen molar-refractivity contribution >= 4 is 38.6 Å². The zero-order valence-corrected chi connectivity index (χ0v) is 15.5. The highest BCUT2D eigenvalue weighted by atomic mass is 35.5. The normalized spacial score (nSPS) is 14.8. The van der Waals surface area contributed by atoms with E-state index >= 15 is 0 Å². The Hall–Kier alpha value is -1.50. The first kappa shape index (κ1) is 17.3. The molecule has 0 aliphatic carbocycles. The maximum atomic E-state index is 12.8. The van der Waals surface area contributed by atoms with Crippen molar-refractivity contribution in [1.29, 1.82) is 0 Å². The summed E-state index contributed by atoms with van der Waals surface area (Å²) in [4.78, 5) is 4.65. The molecular weight excluding hydrogens is 364 g/mol. The summed E-state index contributed by atoms with van der Waals surface area (Å²) >= 11 is 7.41. The summed E-state index contributed by atoms with van der Waals surface area (Å²) in [7, 11) is -3.56. The molecule has 1 aliphatic heterocycles. The molecule has 24 heavy (non-hydrogen) atoms. The van der Waals surface area contributed by atoms with Crippen molar-refractivity contribution in [2.45, 2.75) is 17.6 Å². The van der Waals surface area contributed by atoms with E-state index in [9.17, 15) is 8.42 Å². The van der Waals surface area contributed by atoms with Gasteiger partial charge in [0.05, 0.1) is 18.0 Å². The summed E-state index contributed by atoms with van der Waals surface area (Å²) in [6.07, 6.45) is 0. The van der Waals surface area contributed by atoms with Gasteiger partial charge in [0, 0.05) is 10.8 Å². The van der Waals surface area contributed by atoms with Crippen LogP contribution in [-0.2, 0) is 15.8 Å². The fourth-order valence-electron chi connectivity index (χ4n) is 2.36. The summed E-state index contributed by atoms with van der Waals surface area (Å²) < 4.78 is 27.1. The van der Waals surface area contributed by atoms with Gasteiger partial charge < -0.3 is 0 Å². The highest BCUT2D eigenvalue weighted by molar-refractivity contribution is 8.14. The molecule has 7 heteroatoms. The number of benzene rings is 2. The Morgan fingerprint density at radius 3 is 2.67 bits per heavy atom. The second-order valence-corrected chi connectivity index (χ2v) is 8.71. The number of hydrogen-bond acceptors (Lipinski definition) is 4. The number of rotatable bonds is 4. The Morgan fingerprint density at radius 2 is 1.96 bits per heavy atom. The first-order chi connectivity index (χ1) is 11.5. The van der Waals surface area contributed by atoms with E-state index in [4.69, 9.17) is 11.6 Å². The molecule has 0 bridgehead atoms. The van der Waals surface area contributed by atoms with Gasteiger partial charge in [-0.25, -0.2) is 12.7 Å². The van der Waals surface area contributed by atoms with E-state index in [1.54, 1.807) is 24.3 Å². The van der Waals surface area contributed by atoms with E-state index in [1.165, 1.54) is 16.1 Å². The molecule has 0 saturated heterocycles. The molecular formula is C17H17ClN2O2S2. The Morgan fingerprint density at radius 1 is 1.21 bits per heavy atom. The molecule has 2 aromatic rings. The van der Waals surface area contributed by atoms with E-state index in [0.29, 0.717) is 33.9 Å². The summed E-state index contributed by atoms with van der Waals surface area (Å²) in [5, 5.41) is 1.21. The zero-order valence-electron chi connectivity index (χ0n) is 13.1. The lowest BCUT2D eigenvalue weighted by Crippen LogP contribution is -2.32. The minimum absolute atomic E-state index is 0.297. The number of sulfonamides is 1. The number of aliphatic imine (C=N–C) groups is 1. The highest BCUT2D eigenvalue weighted by Crippen LogP contribution is 2.26. The first-order valence-corrected chi connectivity index (χ1v) is 10.3. The number of hydrogen-bond donors (Lipinski definition) is 0. The molecule has 1 aliphatic rings. The summed E-state index contributed by atoms with van der Waals surface area (Å²) in [5.74, 6) is 0.624. The molecule has 0 saturated carbocycles. The van der Waals surface area contributed by atoms with Crippen molar-refractivity contribution < 1.29 is 8.42 Å². The van der Waals surface area contributed by atoms with E-state index in [2.05, 4.69) is 4.99 Å². The van der Waals surface area contributed by atoms with Gasteiger partial charge in [-0.05, 0) is 36.8 Å². The summed E-state index contributed by atoms with van der Waals surface area (Å²) in [5.41, 5.74) is 2.06. The number of thioether (sulfide) groups is 1. The van der Waals surface area contributed by atoms with Gasteiger partial charge in [0.15, 0.2) is 5.17 Å². The number of amidine groups is 1. The minimum atomic E-state index is -3.56. The van der Waals surface area contributed by atoms with E-state index < -0.39 is 10.0 Å². The monoisotopic (exact) mass is 380 g/mol. The molecule has 0 atom stereocenters. The molecule has 0 fully saturated rings. The van der Waals surface area contributed by atoms with Crippen molar-refractivity contribution in [1.82, 2.24) is 4.31 Å². The number of halogens is 1. The molecule has 4 nitrogen and oxygen atoms in total. The fourth-order valence-corrected chi connectivity index (χ4v) is 5.24. The van der Waals surface area contributed by atoms with E-state index in [1.807, 2.05) is 31.2 Å². The summed E-state index contributed by atoms with van der Waals surface area (Å²) in [6.45, 7) is 2.80. The topological polar surface area (TPSA) is 49.7 Å². The Bertz CT molecular complexity index is 864. The lowest BCUT2D eigenvalue weighted by atomic mass is 10.2. The average molecular weight is 381 g/mol. The lowest BCUT2D eigenvalue weighted by Gasteiger charge is -2.20. The van der Waals surface area contributed by atoms with Crippen LogP contribution in [0.2, 0.25) is 5.02 Å². The van der Waals surface area contributed by atoms with Crippen LogP contribution in [0.25, 0.3) is 0 Å². The Labute approximate surface area is 151 Å². The quantitative estimate of drug-likeness (QED) is 0.807. The van der Waals surface area contributed by atoms with Crippen LogP contribution >= 0.6 is 23.4 Å². The van der Waals surface area contributed by atoms with E-state index in [-0.39, 0.29) is 0 Å². The SMILES string of the molecule is Cc1ccc(S(=O)(=O)N2CCN=C2SCc2cccc(Cl)c2)cc1. The Kier molecular flexibility index (Phi) is 5.18. The van der Waals surface area contributed by atoms with Crippen LogP contribution in [0, 0.1) is 6.92 Å². The van der Waals surface area contributed by atoms with Crippen molar-refractivity contribution in [3.8, 4) is 0 Å². The van der Waals surface area contributed by atoms with Crippen LogP contribution in [-0.4, -0.2) is 31.0 Å². The second-order valence-electron chi connectivity index (χ2n) is 5.47. The molecule has 0 spiro atoms. The molecule has 126 valence electrons. The predicted molar refractivity (Wildman–Crippen MR) is 100 cm³/mol. The van der Waals surface area contributed by atoms with Gasteiger partial charge in [0.1, 0.15) is 0 Å². The van der Waals surface area contributed by atoms with Gasteiger partial charge in [-0.15, -0.1) is 0 Å². The molecule has 0 N–H and O–H groups in total. The molecule has 0 aromatic heterocycles. The standard InChI is InChI=1S/C17H17ClN2O2S2/c1-13-5-7-16(8-6-13)24(21,22)20-10-9-19-17(20)23-12-14-3-2-4-15(18)11-14/h2-8,11H,9-10,12H2,1H3. The smallest absolute Gasteiger partial charge is 0.260 e. The number of nitrogens with zero attached hydrogens (tertiary/aromatic N) is 2. The fraction of sp³-hybridized carbons (Fsp3) is 0.235. The van der Waals surface area contributed by atoms with Crippen LogP contribution in [0.1, 0.15) is 11.1 Å². The largest absolute Gasteiger partial charge is 0.265 e. The number of aryl methyl sites for hydroxylation is 1. The van der Waals surface area contributed by atoms with Crippen LogP contribution in [0.15, 0.2) is 58.4 Å². The van der Waals surface area contributed by atoms with Crippen molar-refractivity contribution in [3.05, 3.63) is 64.7 Å². The van der Waals surface area contributed by atoms with Crippen molar-refractivity contribution in [2.75, 3.05) is 13.1 Å². The lowest BCUT2D eigenvalue weighted by molar-refractivity contribution is 0.540. The molecule has 0 radical (unpaired) electrons. The van der Waals surface area contributed by atoms with Crippen LogP contribution in [0.5, 0.6) is 0 Å². The average Bonchev–Trinajstić information content (AvgIpc) is 3.03. The van der Waals surface area contributed by atoms with Crippen LogP contribution < -0.4 is 0 Å². The summed E-state index contributed by atoms with van der Waals surface area (Å²) in [6, 6.07) is 14.4. The van der Waals surface area contributed by atoms with E-state index in [0.717, 1.165) is 11.1 Å². The van der Waals surface area contributed by atoms with Crippen LogP contribution in [0.3, 0.4) is 0 Å². The first-order valence-electron chi connectivity index (χ1n) is 7.48. The molecule has 0 amide bonds. The van der Waals surface area contributed by atoms with Crippen molar-refractivity contribution in [2.24, 2.45) is 4.99 Å². The molecule has 2 aromatic carbocycles. The third-order valence-electron chi connectivity index (χ3n) is 3.63. The minimum Gasteiger partial charge on any atom is -0.260 e. The highest BCUT2D eigenvalue weighted by Gasteiger charge is 2.30. The second kappa shape index (κ2) is 7.17. The molecule has 1 heterocycles. The molecule has 3 rings (SSSR count). The third kappa shape index (κ3) is 3.77. The van der Waals surface area contributed by atoms with Gasteiger partial charge in [0.25, 0.3) is 10.0 Å². The van der Waals surface area contributed by atoms with Gasteiger partial charge in [-0.2, -0.15) is 0 Å². The van der Waals surface area contributed by atoms with Gasteiger partial charge in [0.2, 0.25) is 0 Å². The van der Waals surface area contributed by atoms with Gasteiger partial charge in [-0.3, -0.25) is 4.99 Å². The maximum Gasteiger partial charge on any atom is 0.265 e. The van der Waals surface area contributed by atoms with Gasteiger partial charge >= 0.3 is 0 Å². The maximum absolute atomic E-state index is 12.8. The Balaban J connectivity index is 1.76. The molecule has 0 unspecified atom stereocenters.